The fraction of sp³-hybridized carbons (Fsp3) is 0.565. The lowest BCUT2D eigenvalue weighted by Crippen LogP contribution is -2.57. The first-order valence-corrected chi connectivity index (χ1v) is 12.7. The van der Waals surface area contributed by atoms with Crippen molar-refractivity contribution >= 4 is 26.8 Å². The number of aryl methyl sites for hydroxylation is 1. The van der Waals surface area contributed by atoms with Crippen molar-refractivity contribution in [1.82, 2.24) is 19.5 Å². The van der Waals surface area contributed by atoms with Crippen LogP contribution in [0.25, 0.3) is 10.9 Å². The molecule has 2 fully saturated rings. The van der Waals surface area contributed by atoms with E-state index in [1.807, 2.05) is 24.0 Å². The smallest absolute Gasteiger partial charge is 0.241 e. The van der Waals surface area contributed by atoms with E-state index in [2.05, 4.69) is 28.5 Å². The minimum absolute atomic E-state index is 0.0871. The number of fused-ring (bicyclic) bond motifs is 1. The monoisotopic (exact) mass is 444 g/mol. The first kappa shape index (κ1) is 22.2. The third-order valence-corrected chi connectivity index (χ3v) is 8.02. The van der Waals surface area contributed by atoms with E-state index in [-0.39, 0.29) is 16.8 Å². The quantitative estimate of drug-likeness (QED) is 0.767. The predicted octanol–water partition coefficient (Wildman–Crippen LogP) is 2.69. The minimum atomic E-state index is -3.80. The van der Waals surface area contributed by atoms with Gasteiger partial charge in [-0.15, -0.1) is 0 Å². The maximum Gasteiger partial charge on any atom is 0.241 e. The van der Waals surface area contributed by atoms with Gasteiger partial charge in [0.25, 0.3) is 0 Å². The number of hydrogen-bond acceptors (Lipinski definition) is 5. The van der Waals surface area contributed by atoms with Crippen LogP contribution in [0.15, 0.2) is 35.2 Å². The molecule has 1 amide bonds. The lowest BCUT2D eigenvalue weighted by molar-refractivity contribution is -0.139. The van der Waals surface area contributed by atoms with E-state index in [0.717, 1.165) is 48.9 Å². The zero-order valence-electron chi connectivity index (χ0n) is 18.5. The SMILES string of the molecule is Cc1ccc2cc(S(=O)(=O)N[C@H]3CCCN(C4CCN(C(C)C)CC4)C3=O)ccc2n1. The fourth-order valence-corrected chi connectivity index (χ4v) is 5.97. The highest BCUT2D eigenvalue weighted by Crippen LogP contribution is 2.25. The van der Waals surface area contributed by atoms with Crippen LogP contribution in [0.1, 0.15) is 45.2 Å². The molecule has 1 N–H and O–H groups in total. The van der Waals surface area contributed by atoms with Crippen LogP contribution >= 0.6 is 0 Å². The second-order valence-electron chi connectivity index (χ2n) is 9.02. The number of rotatable bonds is 5. The molecule has 3 heterocycles. The van der Waals surface area contributed by atoms with Gasteiger partial charge in [0, 0.05) is 42.8 Å². The third-order valence-electron chi connectivity index (χ3n) is 6.55. The standard InChI is InChI=1S/C23H32N4O3S/c1-16(2)26-13-10-19(11-14-26)27-12-4-5-22(23(27)28)25-31(29,30)20-8-9-21-18(15-20)7-6-17(3)24-21/h6-9,15-16,19,22,25H,4-5,10-14H2,1-3H3/t22-/m0/s1. The summed E-state index contributed by atoms with van der Waals surface area (Å²) in [5.74, 6) is -0.0871. The first-order valence-electron chi connectivity index (χ1n) is 11.2. The normalized spacial score (nSPS) is 21.9. The lowest BCUT2D eigenvalue weighted by Gasteiger charge is -2.43. The second-order valence-corrected chi connectivity index (χ2v) is 10.7. The molecule has 2 saturated heterocycles. The van der Waals surface area contributed by atoms with Gasteiger partial charge >= 0.3 is 0 Å². The number of piperidine rings is 2. The number of nitrogens with zero attached hydrogens (tertiary/aromatic N) is 3. The van der Waals surface area contributed by atoms with Crippen molar-refractivity contribution in [2.75, 3.05) is 19.6 Å². The van der Waals surface area contributed by atoms with Crippen LogP contribution in [0.4, 0.5) is 0 Å². The average Bonchev–Trinajstić information content (AvgIpc) is 2.74. The van der Waals surface area contributed by atoms with E-state index in [1.54, 1.807) is 18.2 Å². The molecule has 0 spiro atoms. The molecular weight excluding hydrogens is 412 g/mol. The van der Waals surface area contributed by atoms with Gasteiger partial charge in [0.05, 0.1) is 10.4 Å². The summed E-state index contributed by atoms with van der Waals surface area (Å²) in [6, 6.07) is 8.64. The zero-order valence-corrected chi connectivity index (χ0v) is 19.4. The molecule has 8 heteroatoms. The maximum absolute atomic E-state index is 13.2. The van der Waals surface area contributed by atoms with Gasteiger partial charge in [-0.25, -0.2) is 8.42 Å². The third kappa shape index (κ3) is 4.76. The molecule has 2 aliphatic rings. The van der Waals surface area contributed by atoms with E-state index in [1.165, 1.54) is 0 Å². The number of benzene rings is 1. The molecule has 2 aromatic rings. The fourth-order valence-electron chi connectivity index (χ4n) is 4.71. The van der Waals surface area contributed by atoms with Crippen LogP contribution in [-0.4, -0.2) is 66.9 Å². The molecule has 1 aromatic carbocycles. The number of hydrogen-bond donors (Lipinski definition) is 1. The summed E-state index contributed by atoms with van der Waals surface area (Å²) in [7, 11) is -3.80. The van der Waals surface area contributed by atoms with Crippen molar-refractivity contribution in [1.29, 1.82) is 0 Å². The largest absolute Gasteiger partial charge is 0.338 e. The van der Waals surface area contributed by atoms with Crippen LogP contribution in [-0.2, 0) is 14.8 Å². The summed E-state index contributed by atoms with van der Waals surface area (Å²) in [5, 5.41) is 0.766. The van der Waals surface area contributed by atoms with Gasteiger partial charge in [0.15, 0.2) is 0 Å². The highest BCUT2D eigenvalue weighted by Gasteiger charge is 2.37. The number of sulfonamides is 1. The highest BCUT2D eigenvalue weighted by atomic mass is 32.2. The van der Waals surface area contributed by atoms with Crippen LogP contribution in [0.5, 0.6) is 0 Å². The summed E-state index contributed by atoms with van der Waals surface area (Å²) in [6.07, 6.45) is 3.24. The molecule has 0 saturated carbocycles. The van der Waals surface area contributed by atoms with E-state index < -0.39 is 16.1 Å². The zero-order chi connectivity index (χ0) is 22.2. The van der Waals surface area contributed by atoms with Crippen molar-refractivity contribution in [3.63, 3.8) is 0 Å². The second kappa shape index (κ2) is 8.84. The summed E-state index contributed by atoms with van der Waals surface area (Å²) in [5.41, 5.74) is 1.64. The molecular formula is C23H32N4O3S. The van der Waals surface area contributed by atoms with Crippen LogP contribution in [0, 0.1) is 6.92 Å². The van der Waals surface area contributed by atoms with Crippen molar-refractivity contribution in [3.8, 4) is 0 Å². The predicted molar refractivity (Wildman–Crippen MR) is 121 cm³/mol. The van der Waals surface area contributed by atoms with Crippen molar-refractivity contribution < 1.29 is 13.2 Å². The lowest BCUT2D eigenvalue weighted by atomic mass is 9.97. The number of aromatic nitrogens is 1. The van der Waals surface area contributed by atoms with Crippen LogP contribution in [0.2, 0.25) is 0 Å². The molecule has 0 unspecified atom stereocenters. The molecule has 0 aliphatic carbocycles. The van der Waals surface area contributed by atoms with Crippen molar-refractivity contribution in [3.05, 3.63) is 36.0 Å². The Hall–Kier alpha value is -2.03. The van der Waals surface area contributed by atoms with E-state index in [4.69, 9.17) is 0 Å². The van der Waals surface area contributed by atoms with Gasteiger partial charge in [-0.3, -0.25) is 9.78 Å². The molecule has 7 nitrogen and oxygen atoms in total. The highest BCUT2D eigenvalue weighted by molar-refractivity contribution is 7.89. The number of carbonyl (C=O) groups excluding carboxylic acids is 1. The van der Waals surface area contributed by atoms with Gasteiger partial charge in [-0.2, -0.15) is 4.72 Å². The summed E-state index contributed by atoms with van der Waals surface area (Å²) in [6.45, 7) is 8.96. The topological polar surface area (TPSA) is 82.6 Å². The maximum atomic E-state index is 13.2. The Morgan fingerprint density at radius 3 is 2.52 bits per heavy atom. The van der Waals surface area contributed by atoms with Gasteiger partial charge in [0.1, 0.15) is 6.04 Å². The minimum Gasteiger partial charge on any atom is -0.338 e. The number of amides is 1. The number of pyridine rings is 1. The van der Waals surface area contributed by atoms with Gasteiger partial charge in [0.2, 0.25) is 15.9 Å². The molecule has 1 atom stereocenters. The Bertz CT molecular complexity index is 1060. The van der Waals surface area contributed by atoms with E-state index >= 15 is 0 Å². The molecule has 0 radical (unpaired) electrons. The number of nitrogens with one attached hydrogen (secondary N) is 1. The van der Waals surface area contributed by atoms with Crippen molar-refractivity contribution in [2.24, 2.45) is 0 Å². The first-order chi connectivity index (χ1) is 14.7. The van der Waals surface area contributed by atoms with Gasteiger partial charge < -0.3 is 9.80 Å². The Kier molecular flexibility index (Phi) is 6.32. The number of carbonyl (C=O) groups is 1. The van der Waals surface area contributed by atoms with Crippen LogP contribution < -0.4 is 4.72 Å². The Morgan fingerprint density at radius 1 is 1.06 bits per heavy atom. The molecule has 2 aliphatic heterocycles. The summed E-state index contributed by atoms with van der Waals surface area (Å²) >= 11 is 0. The van der Waals surface area contributed by atoms with E-state index in [0.29, 0.717) is 19.0 Å². The molecule has 168 valence electrons. The Morgan fingerprint density at radius 2 is 1.81 bits per heavy atom. The van der Waals surface area contributed by atoms with Gasteiger partial charge in [-0.05, 0) is 70.7 Å². The van der Waals surface area contributed by atoms with Crippen LogP contribution in [0.3, 0.4) is 0 Å². The van der Waals surface area contributed by atoms with E-state index in [9.17, 15) is 13.2 Å². The summed E-state index contributed by atoms with van der Waals surface area (Å²) < 4.78 is 28.8. The average molecular weight is 445 g/mol. The molecule has 31 heavy (non-hydrogen) atoms. The number of likely N-dealkylation sites (tertiary alicyclic amines) is 2. The van der Waals surface area contributed by atoms with Gasteiger partial charge in [-0.1, -0.05) is 6.07 Å². The molecule has 0 bridgehead atoms. The Labute approximate surface area is 184 Å². The Balaban J connectivity index is 1.47. The van der Waals surface area contributed by atoms with Crippen molar-refractivity contribution in [2.45, 2.75) is 69.5 Å². The summed E-state index contributed by atoms with van der Waals surface area (Å²) in [4.78, 5) is 22.1. The molecule has 1 aromatic heterocycles. The molecule has 4 rings (SSSR count).